The van der Waals surface area contributed by atoms with Crippen LogP contribution < -0.4 is 11.2 Å². The summed E-state index contributed by atoms with van der Waals surface area (Å²) in [4.78, 5) is 14.7. The van der Waals surface area contributed by atoms with Crippen molar-refractivity contribution in [3.05, 3.63) is 36.3 Å². The summed E-state index contributed by atoms with van der Waals surface area (Å²) in [6, 6.07) is 5.00. The van der Waals surface area contributed by atoms with Gasteiger partial charge in [0.1, 0.15) is 5.65 Å². The van der Waals surface area contributed by atoms with E-state index in [0.29, 0.717) is 5.71 Å². The average Bonchev–Trinajstić information content (AvgIpc) is 2.69. The average molecular weight is 217 g/mol. The van der Waals surface area contributed by atoms with Gasteiger partial charge in [0.2, 0.25) is 0 Å². The lowest BCUT2D eigenvalue weighted by Crippen LogP contribution is -2.25. The molecule has 82 valence electrons. The number of hydrogen-bond acceptors (Lipinski definition) is 3. The van der Waals surface area contributed by atoms with Crippen LogP contribution in [-0.2, 0) is 0 Å². The summed E-state index contributed by atoms with van der Waals surface area (Å²) in [6.45, 7) is 1.77. The second-order valence-electron chi connectivity index (χ2n) is 3.25. The van der Waals surface area contributed by atoms with Crippen molar-refractivity contribution in [2.45, 2.75) is 6.92 Å². The lowest BCUT2D eigenvalue weighted by atomic mass is 10.3. The van der Waals surface area contributed by atoms with Crippen LogP contribution in [0.3, 0.4) is 0 Å². The third-order valence-electron chi connectivity index (χ3n) is 2.12. The highest BCUT2D eigenvalue weighted by Crippen LogP contribution is 2.06. The maximum atomic E-state index is 10.5. The summed E-state index contributed by atoms with van der Waals surface area (Å²) in [6.07, 6.45) is 3.57. The molecule has 0 radical (unpaired) electrons. The van der Waals surface area contributed by atoms with E-state index in [0.717, 1.165) is 11.3 Å². The molecule has 0 aliphatic heterocycles. The fraction of sp³-hybridized carbons (Fsp3) is 0.100. The number of carbonyl (C=O) groups is 1. The highest BCUT2D eigenvalue weighted by molar-refractivity contribution is 5.98. The molecule has 2 aromatic rings. The van der Waals surface area contributed by atoms with Gasteiger partial charge in [-0.2, -0.15) is 5.10 Å². The summed E-state index contributed by atoms with van der Waals surface area (Å²) in [5, 5.41) is 3.85. The summed E-state index contributed by atoms with van der Waals surface area (Å²) >= 11 is 0. The Kier molecular flexibility index (Phi) is 2.55. The van der Waals surface area contributed by atoms with E-state index >= 15 is 0 Å². The van der Waals surface area contributed by atoms with Gasteiger partial charge >= 0.3 is 6.03 Å². The van der Waals surface area contributed by atoms with Gasteiger partial charge in [0.15, 0.2) is 0 Å². The van der Waals surface area contributed by atoms with Gasteiger partial charge in [0, 0.05) is 6.20 Å². The van der Waals surface area contributed by atoms with Crippen LogP contribution in [-0.4, -0.2) is 21.1 Å². The molecular weight excluding hydrogens is 206 g/mol. The van der Waals surface area contributed by atoms with E-state index < -0.39 is 6.03 Å². The Bertz CT molecular complexity index is 557. The maximum absolute atomic E-state index is 10.5. The Morgan fingerprint density at radius 3 is 3.12 bits per heavy atom. The van der Waals surface area contributed by atoms with E-state index in [-0.39, 0.29) is 0 Å². The number of fused-ring (bicyclic) bond motifs is 1. The molecule has 2 aromatic heterocycles. The Morgan fingerprint density at radius 2 is 2.38 bits per heavy atom. The number of urea groups is 1. The minimum Gasteiger partial charge on any atom is -0.350 e. The Hall–Kier alpha value is -2.37. The number of hydrogen-bond donors (Lipinski definition) is 2. The molecule has 0 spiro atoms. The number of hydrazone groups is 1. The summed E-state index contributed by atoms with van der Waals surface area (Å²) in [5.41, 5.74) is 9.38. The molecule has 0 aliphatic rings. The quantitative estimate of drug-likeness (QED) is 0.574. The SMILES string of the molecule is CC(=NNC(N)=O)c1cnc2ccccn12. The van der Waals surface area contributed by atoms with Gasteiger partial charge in [0.25, 0.3) is 0 Å². The van der Waals surface area contributed by atoms with Crippen LogP contribution in [0.25, 0.3) is 5.65 Å². The van der Waals surface area contributed by atoms with Crippen LogP contribution in [0.2, 0.25) is 0 Å². The Labute approximate surface area is 91.8 Å². The number of primary amides is 1. The second kappa shape index (κ2) is 4.01. The maximum Gasteiger partial charge on any atom is 0.332 e. The van der Waals surface area contributed by atoms with Crippen molar-refractivity contribution in [1.82, 2.24) is 14.8 Å². The fourth-order valence-electron chi connectivity index (χ4n) is 1.40. The van der Waals surface area contributed by atoms with E-state index in [4.69, 9.17) is 5.73 Å². The topological polar surface area (TPSA) is 84.8 Å². The van der Waals surface area contributed by atoms with Crippen LogP contribution in [0.1, 0.15) is 12.6 Å². The molecule has 0 saturated carbocycles. The van der Waals surface area contributed by atoms with E-state index in [9.17, 15) is 4.79 Å². The smallest absolute Gasteiger partial charge is 0.332 e. The van der Waals surface area contributed by atoms with E-state index in [2.05, 4.69) is 15.5 Å². The molecular formula is C10H11N5O. The standard InChI is InChI=1S/C10H11N5O/c1-7(13-14-10(11)16)8-6-12-9-4-2-3-5-15(8)9/h2-6H,1H3,(H3,11,14,16). The normalized spacial score (nSPS) is 11.7. The van der Waals surface area contributed by atoms with E-state index in [1.807, 2.05) is 28.8 Å². The predicted molar refractivity (Wildman–Crippen MR) is 60.1 cm³/mol. The molecule has 6 heteroatoms. The van der Waals surface area contributed by atoms with Gasteiger partial charge in [-0.1, -0.05) is 6.07 Å². The lowest BCUT2D eigenvalue weighted by molar-refractivity contribution is 0.249. The first-order valence-corrected chi connectivity index (χ1v) is 4.70. The van der Waals surface area contributed by atoms with Crippen molar-refractivity contribution in [1.29, 1.82) is 0 Å². The summed E-state index contributed by atoms with van der Waals surface area (Å²) in [5.74, 6) is 0. The number of carbonyl (C=O) groups excluding carboxylic acids is 1. The number of rotatable bonds is 2. The highest BCUT2D eigenvalue weighted by Gasteiger charge is 2.05. The van der Waals surface area contributed by atoms with Crippen LogP contribution >= 0.6 is 0 Å². The largest absolute Gasteiger partial charge is 0.350 e. The zero-order valence-corrected chi connectivity index (χ0v) is 8.71. The Morgan fingerprint density at radius 1 is 1.56 bits per heavy atom. The van der Waals surface area contributed by atoms with Gasteiger partial charge in [-0.25, -0.2) is 15.2 Å². The number of amides is 2. The zero-order valence-electron chi connectivity index (χ0n) is 8.71. The van der Waals surface area contributed by atoms with Crippen molar-refractivity contribution < 1.29 is 4.79 Å². The molecule has 3 N–H and O–H groups in total. The predicted octanol–water partition coefficient (Wildman–Crippen LogP) is 0.727. The first kappa shape index (κ1) is 10.2. The molecule has 16 heavy (non-hydrogen) atoms. The molecule has 0 aliphatic carbocycles. The Balaban J connectivity index is 2.40. The highest BCUT2D eigenvalue weighted by atomic mass is 16.2. The van der Waals surface area contributed by atoms with Crippen LogP contribution in [0.5, 0.6) is 0 Å². The van der Waals surface area contributed by atoms with Crippen molar-refractivity contribution in [2.75, 3.05) is 0 Å². The fourth-order valence-corrected chi connectivity index (χ4v) is 1.40. The summed E-state index contributed by atoms with van der Waals surface area (Å²) in [7, 11) is 0. The molecule has 6 nitrogen and oxygen atoms in total. The molecule has 0 atom stereocenters. The molecule has 0 saturated heterocycles. The number of pyridine rings is 1. The molecule has 2 rings (SSSR count). The van der Waals surface area contributed by atoms with Crippen molar-refractivity contribution in [3.63, 3.8) is 0 Å². The van der Waals surface area contributed by atoms with Crippen LogP contribution in [0.4, 0.5) is 4.79 Å². The number of nitrogens with one attached hydrogen (secondary N) is 1. The molecule has 2 heterocycles. The van der Waals surface area contributed by atoms with Crippen molar-refractivity contribution in [3.8, 4) is 0 Å². The first-order valence-electron chi connectivity index (χ1n) is 4.70. The minimum absolute atomic E-state index is 0.637. The van der Waals surface area contributed by atoms with Gasteiger partial charge in [0.05, 0.1) is 17.6 Å². The summed E-state index contributed by atoms with van der Waals surface area (Å²) < 4.78 is 1.88. The number of nitrogens with zero attached hydrogens (tertiary/aromatic N) is 3. The third-order valence-corrected chi connectivity index (χ3v) is 2.12. The zero-order chi connectivity index (χ0) is 11.5. The number of aromatic nitrogens is 2. The first-order chi connectivity index (χ1) is 7.68. The van der Waals surface area contributed by atoms with Crippen molar-refractivity contribution >= 4 is 17.4 Å². The van der Waals surface area contributed by atoms with E-state index in [1.54, 1.807) is 13.1 Å². The van der Waals surface area contributed by atoms with Gasteiger partial charge in [-0.15, -0.1) is 0 Å². The number of imidazole rings is 1. The molecule has 0 aromatic carbocycles. The lowest BCUT2D eigenvalue weighted by Gasteiger charge is -2.00. The molecule has 0 fully saturated rings. The monoisotopic (exact) mass is 217 g/mol. The van der Waals surface area contributed by atoms with Crippen LogP contribution in [0.15, 0.2) is 35.7 Å². The third kappa shape index (κ3) is 1.85. The van der Waals surface area contributed by atoms with Gasteiger partial charge < -0.3 is 5.73 Å². The van der Waals surface area contributed by atoms with E-state index in [1.165, 1.54) is 0 Å². The van der Waals surface area contributed by atoms with Gasteiger partial charge in [-0.3, -0.25) is 4.40 Å². The molecule has 0 bridgehead atoms. The second-order valence-corrected chi connectivity index (χ2v) is 3.25. The van der Waals surface area contributed by atoms with Crippen LogP contribution in [0, 0.1) is 0 Å². The van der Waals surface area contributed by atoms with Gasteiger partial charge in [-0.05, 0) is 19.1 Å². The number of nitrogens with two attached hydrogens (primary N) is 1. The minimum atomic E-state index is -0.687. The van der Waals surface area contributed by atoms with Crippen molar-refractivity contribution in [2.24, 2.45) is 10.8 Å². The molecule has 2 amide bonds. The molecule has 0 unspecified atom stereocenters.